The minimum atomic E-state index is 1.25. The molecule has 0 radical (unpaired) electrons. The zero-order valence-electron chi connectivity index (χ0n) is 8.39. The Labute approximate surface area is 75.8 Å². The van der Waals surface area contributed by atoms with Crippen molar-refractivity contribution in [1.29, 1.82) is 0 Å². The lowest BCUT2D eigenvalue weighted by molar-refractivity contribution is -0.911. The zero-order valence-corrected chi connectivity index (χ0v) is 9.21. The van der Waals surface area contributed by atoms with Gasteiger partial charge in [-0.15, -0.1) is 11.8 Å². The van der Waals surface area contributed by atoms with E-state index in [1.807, 2.05) is 0 Å². The smallest absolute Gasteiger partial charge is 0.125 e. The maximum Gasteiger partial charge on any atom is 0.125 e. The first kappa shape index (κ1) is 11.3. The van der Waals surface area contributed by atoms with Crippen molar-refractivity contribution in [2.75, 3.05) is 31.3 Å². The SMILES string of the molecule is CCSC[N+](CC)(CC)CC. The van der Waals surface area contributed by atoms with Gasteiger partial charge in [0, 0.05) is 0 Å². The van der Waals surface area contributed by atoms with Crippen molar-refractivity contribution >= 4 is 11.8 Å². The largest absolute Gasteiger partial charge is 0.316 e. The van der Waals surface area contributed by atoms with Crippen LogP contribution in [0.1, 0.15) is 27.7 Å². The lowest BCUT2D eigenvalue weighted by Crippen LogP contribution is -2.47. The van der Waals surface area contributed by atoms with Crippen LogP contribution in [-0.4, -0.2) is 35.7 Å². The second-order valence-electron chi connectivity index (χ2n) is 2.91. The van der Waals surface area contributed by atoms with Crippen molar-refractivity contribution in [3.8, 4) is 0 Å². The van der Waals surface area contributed by atoms with E-state index in [2.05, 4.69) is 39.5 Å². The molecule has 0 bridgehead atoms. The second-order valence-corrected chi connectivity index (χ2v) is 4.16. The highest BCUT2D eigenvalue weighted by atomic mass is 32.2. The Balaban J connectivity index is 3.84. The number of nitrogens with zero attached hydrogens (tertiary/aromatic N) is 1. The van der Waals surface area contributed by atoms with Crippen LogP contribution in [0.4, 0.5) is 0 Å². The fraction of sp³-hybridized carbons (Fsp3) is 1.00. The Kier molecular flexibility index (Phi) is 6.06. The normalized spacial score (nSPS) is 12.0. The standard InChI is InChI=1S/C9H22NS/c1-5-10(6-2,7-3)9-11-8-4/h5-9H2,1-4H3/q+1. The van der Waals surface area contributed by atoms with E-state index in [1.165, 1.54) is 35.7 Å². The first-order valence-corrected chi connectivity index (χ1v) is 5.83. The molecule has 0 unspecified atom stereocenters. The molecule has 68 valence electrons. The third kappa shape index (κ3) is 3.48. The number of rotatable bonds is 6. The van der Waals surface area contributed by atoms with E-state index in [-0.39, 0.29) is 0 Å². The maximum atomic E-state index is 2.29. The molecule has 1 nitrogen and oxygen atoms in total. The van der Waals surface area contributed by atoms with E-state index in [0.29, 0.717) is 0 Å². The molecule has 2 heteroatoms. The van der Waals surface area contributed by atoms with Gasteiger partial charge in [0.1, 0.15) is 5.88 Å². The van der Waals surface area contributed by atoms with Gasteiger partial charge in [-0.2, -0.15) is 0 Å². The van der Waals surface area contributed by atoms with Gasteiger partial charge in [-0.25, -0.2) is 0 Å². The van der Waals surface area contributed by atoms with Crippen molar-refractivity contribution in [3.05, 3.63) is 0 Å². The lowest BCUT2D eigenvalue weighted by atomic mass is 10.4. The summed E-state index contributed by atoms with van der Waals surface area (Å²) in [4.78, 5) is 0. The maximum absolute atomic E-state index is 2.29. The van der Waals surface area contributed by atoms with Gasteiger partial charge >= 0.3 is 0 Å². The number of hydrogen-bond acceptors (Lipinski definition) is 1. The van der Waals surface area contributed by atoms with Crippen LogP contribution in [0, 0.1) is 0 Å². The summed E-state index contributed by atoms with van der Waals surface area (Å²) in [6.07, 6.45) is 0. The average molecular weight is 176 g/mol. The summed E-state index contributed by atoms with van der Waals surface area (Å²) in [5.74, 6) is 2.54. The van der Waals surface area contributed by atoms with Gasteiger partial charge in [0.25, 0.3) is 0 Å². The molecule has 0 rings (SSSR count). The van der Waals surface area contributed by atoms with Crippen LogP contribution in [0.5, 0.6) is 0 Å². The van der Waals surface area contributed by atoms with E-state index >= 15 is 0 Å². The molecule has 0 saturated heterocycles. The highest BCUT2D eigenvalue weighted by Crippen LogP contribution is 2.13. The summed E-state index contributed by atoms with van der Waals surface area (Å²) in [6, 6.07) is 0. The van der Waals surface area contributed by atoms with Crippen molar-refractivity contribution in [2.24, 2.45) is 0 Å². The lowest BCUT2D eigenvalue weighted by Gasteiger charge is -2.35. The Hall–Kier alpha value is 0.310. The molecular formula is C9H22NS+. The fourth-order valence-electron chi connectivity index (χ4n) is 1.23. The van der Waals surface area contributed by atoms with Crippen molar-refractivity contribution < 1.29 is 4.48 Å². The predicted molar refractivity (Wildman–Crippen MR) is 54.9 cm³/mol. The van der Waals surface area contributed by atoms with Gasteiger partial charge in [0.15, 0.2) is 0 Å². The number of quaternary nitrogens is 1. The van der Waals surface area contributed by atoms with Gasteiger partial charge in [0.05, 0.1) is 19.6 Å². The molecule has 0 spiro atoms. The molecule has 0 aliphatic carbocycles. The average Bonchev–Trinajstić information content (AvgIpc) is 2.08. The van der Waals surface area contributed by atoms with Gasteiger partial charge in [0.2, 0.25) is 0 Å². The van der Waals surface area contributed by atoms with Crippen LogP contribution in [0.3, 0.4) is 0 Å². The molecule has 0 atom stereocenters. The van der Waals surface area contributed by atoms with Gasteiger partial charge in [-0.05, 0) is 26.5 Å². The van der Waals surface area contributed by atoms with E-state index in [4.69, 9.17) is 0 Å². The quantitative estimate of drug-likeness (QED) is 0.443. The molecule has 0 aromatic carbocycles. The first-order chi connectivity index (χ1) is 5.24. The molecule has 0 aromatic heterocycles. The summed E-state index contributed by atoms with van der Waals surface area (Å²) < 4.78 is 1.28. The van der Waals surface area contributed by atoms with Gasteiger partial charge in [-0.3, -0.25) is 0 Å². The summed E-state index contributed by atoms with van der Waals surface area (Å²) in [7, 11) is 0. The van der Waals surface area contributed by atoms with Crippen LogP contribution in [-0.2, 0) is 0 Å². The third-order valence-corrected chi connectivity index (χ3v) is 3.72. The first-order valence-electron chi connectivity index (χ1n) is 4.67. The van der Waals surface area contributed by atoms with Crippen molar-refractivity contribution in [2.45, 2.75) is 27.7 Å². The molecule has 0 heterocycles. The van der Waals surface area contributed by atoms with Crippen LogP contribution in [0.2, 0.25) is 0 Å². The minimum Gasteiger partial charge on any atom is -0.316 e. The van der Waals surface area contributed by atoms with Gasteiger partial charge < -0.3 is 4.48 Å². The predicted octanol–water partition coefficient (Wildman–Crippen LogP) is 2.57. The highest BCUT2D eigenvalue weighted by molar-refractivity contribution is 7.99. The Morgan fingerprint density at radius 2 is 1.36 bits per heavy atom. The Bertz CT molecular complexity index is 81.3. The second kappa shape index (κ2) is 5.90. The molecule has 0 aliphatic rings. The van der Waals surface area contributed by atoms with Crippen LogP contribution >= 0.6 is 11.8 Å². The molecule has 0 N–H and O–H groups in total. The van der Waals surface area contributed by atoms with E-state index < -0.39 is 0 Å². The summed E-state index contributed by atoms with van der Waals surface area (Å²) in [5.41, 5.74) is 0. The molecular weight excluding hydrogens is 154 g/mol. The van der Waals surface area contributed by atoms with Crippen molar-refractivity contribution in [3.63, 3.8) is 0 Å². The topological polar surface area (TPSA) is 0 Å². The van der Waals surface area contributed by atoms with Crippen molar-refractivity contribution in [1.82, 2.24) is 0 Å². The third-order valence-electron chi connectivity index (χ3n) is 2.58. The number of hydrogen-bond donors (Lipinski definition) is 0. The molecule has 0 aliphatic heterocycles. The molecule has 11 heavy (non-hydrogen) atoms. The number of thioether (sulfide) groups is 1. The highest BCUT2D eigenvalue weighted by Gasteiger charge is 2.19. The molecule has 0 amide bonds. The Morgan fingerprint density at radius 3 is 1.64 bits per heavy atom. The monoisotopic (exact) mass is 176 g/mol. The van der Waals surface area contributed by atoms with Crippen LogP contribution in [0.25, 0.3) is 0 Å². The summed E-state index contributed by atoms with van der Waals surface area (Å²) in [5, 5.41) is 0. The Morgan fingerprint density at radius 1 is 0.909 bits per heavy atom. The van der Waals surface area contributed by atoms with E-state index in [1.54, 1.807) is 0 Å². The summed E-state index contributed by atoms with van der Waals surface area (Å²) >= 11 is 2.06. The molecule has 0 aromatic rings. The zero-order chi connectivity index (χ0) is 8.74. The minimum absolute atomic E-state index is 1.25. The summed E-state index contributed by atoms with van der Waals surface area (Å²) in [6.45, 7) is 13.0. The fourth-order valence-corrected chi connectivity index (χ4v) is 2.35. The van der Waals surface area contributed by atoms with Gasteiger partial charge in [-0.1, -0.05) is 6.92 Å². The van der Waals surface area contributed by atoms with E-state index in [9.17, 15) is 0 Å². The van der Waals surface area contributed by atoms with Crippen LogP contribution < -0.4 is 0 Å². The van der Waals surface area contributed by atoms with Crippen LogP contribution in [0.15, 0.2) is 0 Å². The van der Waals surface area contributed by atoms with E-state index in [0.717, 1.165) is 0 Å². The molecule has 0 saturated carbocycles. The molecule has 0 fully saturated rings.